The van der Waals surface area contributed by atoms with Crippen LogP contribution in [0.1, 0.15) is 49.8 Å². The van der Waals surface area contributed by atoms with E-state index in [4.69, 9.17) is 9.97 Å². The molecule has 0 N–H and O–H groups in total. The number of rotatable bonds is 4. The van der Waals surface area contributed by atoms with Crippen LogP contribution in [0, 0.1) is 23.2 Å². The van der Waals surface area contributed by atoms with Crippen LogP contribution >= 0.6 is 0 Å². The van der Waals surface area contributed by atoms with Gasteiger partial charge in [-0.3, -0.25) is 9.79 Å². The van der Waals surface area contributed by atoms with E-state index in [9.17, 15) is 23.2 Å². The van der Waals surface area contributed by atoms with Crippen LogP contribution in [0.15, 0.2) is 59.3 Å². The molecule has 1 aromatic carbocycles. The van der Waals surface area contributed by atoms with Crippen LogP contribution in [-0.4, -0.2) is 22.5 Å². The summed E-state index contributed by atoms with van der Waals surface area (Å²) in [6, 6.07) is 7.12. The molecule has 36 heavy (non-hydrogen) atoms. The monoisotopic (exact) mass is 490 g/mol. The van der Waals surface area contributed by atoms with Crippen LogP contribution in [0.3, 0.4) is 0 Å². The number of halogens is 3. The minimum atomic E-state index is -4.50. The van der Waals surface area contributed by atoms with E-state index in [0.29, 0.717) is 41.2 Å². The number of benzene rings is 1. The zero-order chi connectivity index (χ0) is 26.3. The van der Waals surface area contributed by atoms with Gasteiger partial charge in [0.05, 0.1) is 22.5 Å². The molecule has 2 aliphatic rings. The van der Waals surface area contributed by atoms with Crippen molar-refractivity contribution in [1.82, 2.24) is 9.97 Å². The quantitative estimate of drug-likeness (QED) is 0.374. The first-order chi connectivity index (χ1) is 17.0. The second-order valence-electron chi connectivity index (χ2n) is 9.29. The number of hydrogen-bond acceptors (Lipinski definition) is 5. The van der Waals surface area contributed by atoms with E-state index in [1.54, 1.807) is 31.2 Å². The standard InChI is InChI=1S/C28H25F3N4O/c1-5-17(11-12-33-4)26-34-23(18-7-6-8-20(13-18)28(29,30)31)21-9-10-22-16(2)24(36)19(15-32)14-27(22,3)25(21)35-26/h5-8,11-14,16,22H,4,9-10H2,1-3H3/b12-11-,17-5+/t16-,22-,27-/m1/s1. The molecule has 4 rings (SSSR count). The molecule has 0 saturated heterocycles. The Balaban J connectivity index is 2.05. The van der Waals surface area contributed by atoms with Gasteiger partial charge in [0.1, 0.15) is 6.07 Å². The lowest BCUT2D eigenvalue weighted by Crippen LogP contribution is -2.46. The van der Waals surface area contributed by atoms with Crippen molar-refractivity contribution in [3.63, 3.8) is 0 Å². The predicted octanol–water partition coefficient (Wildman–Crippen LogP) is 6.27. The second kappa shape index (κ2) is 9.30. The fourth-order valence-corrected chi connectivity index (χ4v) is 5.42. The molecule has 0 radical (unpaired) electrons. The average Bonchev–Trinajstić information content (AvgIpc) is 2.86. The lowest BCUT2D eigenvalue weighted by atomic mass is 9.57. The highest BCUT2D eigenvalue weighted by molar-refractivity contribution is 6.02. The number of carbonyl (C=O) groups is 1. The van der Waals surface area contributed by atoms with Crippen LogP contribution in [0.2, 0.25) is 0 Å². The van der Waals surface area contributed by atoms with Crippen molar-refractivity contribution < 1.29 is 18.0 Å². The van der Waals surface area contributed by atoms with Gasteiger partial charge in [-0.05, 0) is 50.6 Å². The molecule has 2 aliphatic carbocycles. The van der Waals surface area contributed by atoms with Crippen molar-refractivity contribution in [3.05, 3.63) is 76.9 Å². The molecule has 8 heteroatoms. The van der Waals surface area contributed by atoms with E-state index in [-0.39, 0.29) is 23.2 Å². The highest BCUT2D eigenvalue weighted by Crippen LogP contribution is 2.50. The van der Waals surface area contributed by atoms with Gasteiger partial charge in [0.2, 0.25) is 0 Å². The molecule has 0 aliphatic heterocycles. The number of fused-ring (bicyclic) bond motifs is 3. The fraction of sp³-hybridized carbons (Fsp3) is 0.321. The average molecular weight is 491 g/mol. The number of Topliss-reactive ketones (excluding diaryl/α,β-unsaturated/α-hetero) is 1. The molecule has 0 spiro atoms. The molecule has 0 saturated carbocycles. The van der Waals surface area contributed by atoms with Gasteiger partial charge in [-0.1, -0.05) is 38.1 Å². The number of nitrogens with zero attached hydrogens (tertiary/aromatic N) is 4. The smallest absolute Gasteiger partial charge is 0.293 e. The number of allylic oxidation sites excluding steroid dienone is 5. The Morgan fingerprint density at radius 1 is 1.33 bits per heavy atom. The summed E-state index contributed by atoms with van der Waals surface area (Å²) in [5.41, 5.74) is 1.27. The van der Waals surface area contributed by atoms with Gasteiger partial charge >= 0.3 is 6.18 Å². The van der Waals surface area contributed by atoms with Crippen molar-refractivity contribution in [3.8, 4) is 17.3 Å². The molecule has 2 aromatic rings. The minimum Gasteiger partial charge on any atom is -0.293 e. The number of ketones is 1. The number of aliphatic imine (C=N–C) groups is 1. The zero-order valence-corrected chi connectivity index (χ0v) is 20.2. The van der Waals surface area contributed by atoms with Crippen LogP contribution < -0.4 is 0 Å². The molecule has 1 aromatic heterocycles. The Labute approximate surface area is 207 Å². The summed E-state index contributed by atoms with van der Waals surface area (Å²) in [4.78, 5) is 26.1. The van der Waals surface area contributed by atoms with Gasteiger partial charge in [0.15, 0.2) is 11.6 Å². The fourth-order valence-electron chi connectivity index (χ4n) is 5.42. The highest BCUT2D eigenvalue weighted by atomic mass is 19.4. The Hall–Kier alpha value is -3.86. The number of carbonyl (C=O) groups excluding carboxylic acids is 1. The van der Waals surface area contributed by atoms with E-state index in [0.717, 1.165) is 17.7 Å². The lowest BCUT2D eigenvalue weighted by Gasteiger charge is -2.45. The van der Waals surface area contributed by atoms with E-state index in [2.05, 4.69) is 11.7 Å². The van der Waals surface area contributed by atoms with Gasteiger partial charge in [0, 0.05) is 34.2 Å². The summed E-state index contributed by atoms with van der Waals surface area (Å²) in [6.45, 7) is 9.01. The van der Waals surface area contributed by atoms with E-state index < -0.39 is 17.2 Å². The topological polar surface area (TPSA) is 79.0 Å². The van der Waals surface area contributed by atoms with Crippen molar-refractivity contribution in [2.45, 2.75) is 45.2 Å². The Morgan fingerprint density at radius 3 is 2.72 bits per heavy atom. The normalized spacial score (nSPS) is 24.1. The molecule has 0 bridgehead atoms. The van der Waals surface area contributed by atoms with Crippen molar-refractivity contribution in [2.75, 3.05) is 0 Å². The summed E-state index contributed by atoms with van der Waals surface area (Å²) in [5.74, 6) is -0.359. The van der Waals surface area contributed by atoms with Crippen LogP contribution in [0.25, 0.3) is 16.8 Å². The molecule has 184 valence electrons. The lowest BCUT2D eigenvalue weighted by molar-refractivity contribution is -0.137. The molecule has 3 atom stereocenters. The van der Waals surface area contributed by atoms with Gasteiger partial charge in [-0.2, -0.15) is 18.4 Å². The Bertz CT molecular complexity index is 1380. The molecular formula is C28H25F3N4O. The van der Waals surface area contributed by atoms with Crippen molar-refractivity contribution in [2.24, 2.45) is 16.8 Å². The first kappa shape index (κ1) is 25.2. The van der Waals surface area contributed by atoms with Gasteiger partial charge < -0.3 is 0 Å². The van der Waals surface area contributed by atoms with Crippen LogP contribution in [0.4, 0.5) is 13.2 Å². The van der Waals surface area contributed by atoms with Crippen LogP contribution in [0.5, 0.6) is 0 Å². The number of hydrogen-bond donors (Lipinski definition) is 0. The van der Waals surface area contributed by atoms with Gasteiger partial charge in [-0.25, -0.2) is 9.97 Å². The summed E-state index contributed by atoms with van der Waals surface area (Å²) >= 11 is 0. The van der Waals surface area contributed by atoms with E-state index in [1.807, 2.05) is 19.9 Å². The first-order valence-corrected chi connectivity index (χ1v) is 11.6. The van der Waals surface area contributed by atoms with E-state index in [1.165, 1.54) is 12.3 Å². The molecule has 1 heterocycles. The SMILES string of the molecule is C=N/C=C\C(=C/C)c1nc(-c2cccc(C(F)(F)F)c2)c2c(n1)[C@]1(C)C=C(C#N)C(=O)[C@H](C)[C@H]1CC2. The maximum atomic E-state index is 13.5. The van der Waals surface area contributed by atoms with Gasteiger partial charge in [-0.15, -0.1) is 0 Å². The number of aromatic nitrogens is 2. The molecule has 0 fully saturated rings. The molecular weight excluding hydrogens is 465 g/mol. The minimum absolute atomic E-state index is 0.0805. The highest BCUT2D eigenvalue weighted by Gasteiger charge is 2.49. The van der Waals surface area contributed by atoms with Crippen molar-refractivity contribution in [1.29, 1.82) is 5.26 Å². The van der Waals surface area contributed by atoms with Crippen molar-refractivity contribution >= 4 is 18.1 Å². The second-order valence-corrected chi connectivity index (χ2v) is 9.29. The molecule has 5 nitrogen and oxygen atoms in total. The molecule has 0 amide bonds. The van der Waals surface area contributed by atoms with Gasteiger partial charge in [0.25, 0.3) is 0 Å². The third kappa shape index (κ3) is 4.19. The first-order valence-electron chi connectivity index (χ1n) is 11.6. The Morgan fingerprint density at radius 2 is 2.08 bits per heavy atom. The summed E-state index contributed by atoms with van der Waals surface area (Å²) in [6.07, 6.45) is 3.26. The summed E-state index contributed by atoms with van der Waals surface area (Å²) in [7, 11) is 0. The predicted molar refractivity (Wildman–Crippen MR) is 132 cm³/mol. The maximum absolute atomic E-state index is 13.5. The number of alkyl halides is 3. The molecule has 0 unspecified atom stereocenters. The third-order valence-electron chi connectivity index (χ3n) is 7.23. The Kier molecular flexibility index (Phi) is 6.52. The zero-order valence-electron chi connectivity index (χ0n) is 20.2. The van der Waals surface area contributed by atoms with E-state index >= 15 is 0 Å². The maximum Gasteiger partial charge on any atom is 0.416 e. The van der Waals surface area contributed by atoms with Crippen LogP contribution in [-0.2, 0) is 22.8 Å². The summed E-state index contributed by atoms with van der Waals surface area (Å²) in [5, 5.41) is 9.64. The number of nitriles is 1. The third-order valence-corrected chi connectivity index (χ3v) is 7.23. The summed E-state index contributed by atoms with van der Waals surface area (Å²) < 4.78 is 40.6. The largest absolute Gasteiger partial charge is 0.416 e.